The van der Waals surface area contributed by atoms with Gasteiger partial charge in [0.2, 0.25) is 0 Å². The Morgan fingerprint density at radius 1 is 1.27 bits per heavy atom. The zero-order chi connectivity index (χ0) is 40.4. The molecule has 2 saturated heterocycles. The van der Waals surface area contributed by atoms with Gasteiger partial charge in [0.15, 0.2) is 16.9 Å². The number of fused-ring (bicyclic) bond motifs is 1. The predicted molar refractivity (Wildman–Crippen MR) is 199 cm³/mol. The number of thiazole rings is 1. The molecule has 300 valence electrons. The van der Waals surface area contributed by atoms with E-state index in [0.29, 0.717) is 36.2 Å². The number of nitrogen functional groups attached to an aromatic ring is 1. The van der Waals surface area contributed by atoms with Crippen LogP contribution in [-0.2, 0) is 56.4 Å². The molecule has 56 heavy (non-hydrogen) atoms. The second-order valence-corrected chi connectivity index (χ2v) is 16.0. The Balaban J connectivity index is 1.24. The van der Waals surface area contributed by atoms with Crippen LogP contribution < -0.4 is 36.7 Å². The SMILES string of the molecule is CC1(C)[C@H](NC(=O)/C(=N\O[C@](C)(C(=O)OC=O)[C@H]2CCc3cc(-c4ccc(NCCN)[n+](CC5CNC5)c4)ccc3O2)c2csc(N)n2)C(=O)N1OS(=O)(=O)O. The predicted octanol–water partition coefficient (Wildman–Crippen LogP) is -0.317. The first-order valence-corrected chi connectivity index (χ1v) is 19.7. The first kappa shape index (κ1) is 40.4. The number of carbonyl (C=O) groups excluding carboxylic acids is 4. The molecule has 0 spiro atoms. The average molecular weight is 817 g/mol. The minimum absolute atomic E-state index is 0.0488. The number of rotatable bonds is 16. The number of pyridine rings is 1. The van der Waals surface area contributed by atoms with Crippen molar-refractivity contribution >= 4 is 62.7 Å². The van der Waals surface area contributed by atoms with E-state index in [-0.39, 0.29) is 23.7 Å². The summed E-state index contributed by atoms with van der Waals surface area (Å²) >= 11 is 0.960. The molecule has 3 aromatic rings. The van der Waals surface area contributed by atoms with Crippen LogP contribution in [0, 0.1) is 5.92 Å². The summed E-state index contributed by atoms with van der Waals surface area (Å²) in [4.78, 5) is 61.0. The Bertz CT molecular complexity index is 2160. The van der Waals surface area contributed by atoms with Crippen LogP contribution in [0.4, 0.5) is 10.9 Å². The summed E-state index contributed by atoms with van der Waals surface area (Å²) in [5.74, 6) is -1.27. The molecule has 6 rings (SSSR count). The highest BCUT2D eigenvalue weighted by Gasteiger charge is 2.58. The molecule has 3 aliphatic rings. The molecule has 0 unspecified atom stereocenters. The molecule has 0 aliphatic carbocycles. The van der Waals surface area contributed by atoms with Gasteiger partial charge in [0.05, 0.1) is 24.8 Å². The number of hydroxylamine groups is 2. The third-order valence-corrected chi connectivity index (χ3v) is 10.7. The fourth-order valence-corrected chi connectivity index (χ4v) is 7.49. The number of β-lactam (4-membered cyclic amide) rings is 1. The van der Waals surface area contributed by atoms with E-state index < -0.39 is 57.2 Å². The summed E-state index contributed by atoms with van der Waals surface area (Å²) in [6.07, 6.45) is 1.64. The molecular formula is C34H42N9O11S2+. The van der Waals surface area contributed by atoms with Crippen LogP contribution in [0.1, 0.15) is 38.4 Å². The molecular weight excluding hydrogens is 775 g/mol. The van der Waals surface area contributed by atoms with Gasteiger partial charge in [-0.15, -0.1) is 15.6 Å². The lowest BCUT2D eigenvalue weighted by molar-refractivity contribution is -0.690. The molecule has 2 amide bonds. The Morgan fingerprint density at radius 2 is 2.02 bits per heavy atom. The summed E-state index contributed by atoms with van der Waals surface area (Å²) in [6.45, 7) is 7.83. The Kier molecular flexibility index (Phi) is 11.6. The van der Waals surface area contributed by atoms with E-state index in [1.165, 1.54) is 26.2 Å². The number of aromatic nitrogens is 2. The second-order valence-electron chi connectivity index (χ2n) is 14.1. The van der Waals surface area contributed by atoms with Gasteiger partial charge in [-0.1, -0.05) is 11.2 Å². The van der Waals surface area contributed by atoms with E-state index in [9.17, 15) is 27.6 Å². The standard InChI is InChI=1S/C34H41N9O11S2/c1-33(2)28(30(46)43(33)54-56(48,49)50)40-29(45)27(23-17-55-32(36)39-23)41-53-34(3,31(47)51-18-44)25-8-5-21-12-20(4-7-24(21)52-25)22-6-9-26(38-11-10-35)42(16-22)15-19-13-37-14-19/h4,6-7,9,12,16-19,25,28,37H,5,8,10-11,13-15,35H2,1-3H3,(H4,36,39,40,45,48,49,50)/p+1/b41-27-/t25-,28-,34+/m1/s1. The average Bonchev–Trinajstić information content (AvgIpc) is 3.58. The molecule has 2 aromatic heterocycles. The smallest absolute Gasteiger partial charge is 0.418 e. The van der Waals surface area contributed by atoms with Crippen molar-refractivity contribution in [1.29, 1.82) is 0 Å². The van der Waals surface area contributed by atoms with Gasteiger partial charge in [0.1, 0.15) is 17.5 Å². The Morgan fingerprint density at radius 3 is 2.64 bits per heavy atom. The van der Waals surface area contributed by atoms with Crippen LogP contribution >= 0.6 is 11.3 Å². The minimum Gasteiger partial charge on any atom is -0.485 e. The number of amides is 2. The van der Waals surface area contributed by atoms with Gasteiger partial charge in [-0.05, 0) is 62.9 Å². The molecule has 0 radical (unpaired) electrons. The van der Waals surface area contributed by atoms with Gasteiger partial charge in [0, 0.05) is 42.6 Å². The molecule has 3 atom stereocenters. The number of nitrogens with zero attached hydrogens (tertiary/aromatic N) is 4. The number of anilines is 2. The summed E-state index contributed by atoms with van der Waals surface area (Å²) in [7, 11) is -5.05. The topological polar surface area (TPSA) is 280 Å². The highest BCUT2D eigenvalue weighted by Crippen LogP contribution is 2.37. The van der Waals surface area contributed by atoms with Gasteiger partial charge in [0.25, 0.3) is 23.2 Å². The van der Waals surface area contributed by atoms with Crippen LogP contribution in [0.3, 0.4) is 0 Å². The van der Waals surface area contributed by atoms with Crippen LogP contribution in [0.15, 0.2) is 47.1 Å². The van der Waals surface area contributed by atoms with E-state index in [1.54, 1.807) is 6.07 Å². The first-order chi connectivity index (χ1) is 26.5. The number of nitrogens with two attached hydrogens (primary N) is 2. The van der Waals surface area contributed by atoms with Crippen molar-refractivity contribution in [3.8, 4) is 16.9 Å². The van der Waals surface area contributed by atoms with Crippen LogP contribution in [0.25, 0.3) is 11.1 Å². The highest BCUT2D eigenvalue weighted by atomic mass is 32.3. The first-order valence-electron chi connectivity index (χ1n) is 17.5. The summed E-state index contributed by atoms with van der Waals surface area (Å²) in [5.41, 5.74) is 10.1. The maximum absolute atomic E-state index is 13.6. The zero-order valence-electron chi connectivity index (χ0n) is 30.6. The fourth-order valence-electron chi connectivity index (χ4n) is 6.49. The van der Waals surface area contributed by atoms with E-state index in [0.717, 1.165) is 53.5 Å². The lowest BCUT2D eigenvalue weighted by Gasteiger charge is -2.50. The van der Waals surface area contributed by atoms with Crippen molar-refractivity contribution in [2.75, 3.05) is 37.2 Å². The lowest BCUT2D eigenvalue weighted by Crippen LogP contribution is -2.76. The summed E-state index contributed by atoms with van der Waals surface area (Å²) in [6, 6.07) is 8.36. The van der Waals surface area contributed by atoms with Crippen molar-refractivity contribution in [3.63, 3.8) is 0 Å². The molecule has 0 bridgehead atoms. The molecule has 0 saturated carbocycles. The van der Waals surface area contributed by atoms with Gasteiger partial charge in [-0.2, -0.15) is 13.5 Å². The van der Waals surface area contributed by atoms with Gasteiger partial charge < -0.3 is 36.4 Å². The maximum atomic E-state index is 13.6. The summed E-state index contributed by atoms with van der Waals surface area (Å²) < 4.78 is 49.1. The minimum atomic E-state index is -5.05. The van der Waals surface area contributed by atoms with Gasteiger partial charge >= 0.3 is 22.8 Å². The number of hydrogen-bond donors (Lipinski definition) is 6. The lowest BCUT2D eigenvalue weighted by atomic mass is 9.84. The number of nitrogens with one attached hydrogen (secondary N) is 3. The molecule has 22 heteroatoms. The van der Waals surface area contributed by atoms with Crippen molar-refractivity contribution in [2.45, 2.75) is 63.4 Å². The van der Waals surface area contributed by atoms with E-state index in [4.69, 9.17) is 30.3 Å². The largest absolute Gasteiger partial charge is 0.485 e. The number of esters is 1. The number of benzene rings is 1. The van der Waals surface area contributed by atoms with Crippen molar-refractivity contribution in [1.82, 2.24) is 20.7 Å². The number of aryl methyl sites for hydroxylation is 1. The zero-order valence-corrected chi connectivity index (χ0v) is 32.2. The third kappa shape index (κ3) is 8.44. The molecule has 8 N–H and O–H groups in total. The van der Waals surface area contributed by atoms with Crippen molar-refractivity contribution in [3.05, 3.63) is 53.2 Å². The third-order valence-electron chi connectivity index (χ3n) is 9.74. The molecule has 3 aliphatic heterocycles. The summed E-state index contributed by atoms with van der Waals surface area (Å²) in [5, 5.41) is 14.9. The van der Waals surface area contributed by atoms with E-state index >= 15 is 0 Å². The van der Waals surface area contributed by atoms with Crippen molar-refractivity contribution in [2.24, 2.45) is 16.8 Å². The van der Waals surface area contributed by atoms with E-state index in [2.05, 4.69) is 41.1 Å². The number of hydrogen-bond acceptors (Lipinski definition) is 17. The maximum Gasteiger partial charge on any atom is 0.418 e. The molecule has 1 aromatic carbocycles. The number of ether oxygens (including phenoxy) is 2. The van der Waals surface area contributed by atoms with Crippen LogP contribution in [0.2, 0.25) is 0 Å². The highest BCUT2D eigenvalue weighted by molar-refractivity contribution is 7.80. The van der Waals surface area contributed by atoms with Crippen molar-refractivity contribution < 1.29 is 55.3 Å². The Labute approximate surface area is 325 Å². The number of carbonyl (C=O) groups is 4. The van der Waals surface area contributed by atoms with E-state index in [1.807, 2.05) is 24.3 Å². The van der Waals surface area contributed by atoms with Crippen LogP contribution in [0.5, 0.6) is 5.75 Å². The second kappa shape index (κ2) is 16.1. The normalized spacial score (nSPS) is 20.3. The van der Waals surface area contributed by atoms with Gasteiger partial charge in [-0.3, -0.25) is 24.3 Å². The number of oxime groups is 1. The fraction of sp³-hybridized carbons (Fsp3) is 0.441. The molecule has 5 heterocycles. The van der Waals surface area contributed by atoms with Gasteiger partial charge in [-0.25, -0.2) is 14.3 Å². The monoisotopic (exact) mass is 816 g/mol. The van der Waals surface area contributed by atoms with Crippen LogP contribution in [-0.4, -0.2) is 102 Å². The molecule has 20 nitrogen and oxygen atoms in total. The Hall–Kier alpha value is -5.26. The quantitative estimate of drug-likeness (QED) is 0.0158. The molecule has 2 fully saturated rings.